The van der Waals surface area contributed by atoms with Crippen molar-refractivity contribution in [1.29, 1.82) is 0 Å². The van der Waals surface area contributed by atoms with Gasteiger partial charge in [0.05, 0.1) is 0 Å². The molecule has 0 radical (unpaired) electrons. The Kier molecular flexibility index (Phi) is 5.71. The van der Waals surface area contributed by atoms with Gasteiger partial charge in [-0.2, -0.15) is 8.78 Å². The topological polar surface area (TPSA) is 50.4 Å². The lowest BCUT2D eigenvalue weighted by Crippen LogP contribution is -2.30. The van der Waals surface area contributed by atoms with E-state index in [0.717, 1.165) is 5.56 Å². The Labute approximate surface area is 127 Å². The van der Waals surface area contributed by atoms with Gasteiger partial charge in [-0.1, -0.05) is 36.4 Å². The molecular formula is C16H16F2N2O2. The van der Waals surface area contributed by atoms with Crippen molar-refractivity contribution in [1.82, 2.24) is 5.32 Å². The third-order valence-corrected chi connectivity index (χ3v) is 2.86. The number of anilines is 1. The van der Waals surface area contributed by atoms with Crippen LogP contribution in [0, 0.1) is 0 Å². The zero-order valence-electron chi connectivity index (χ0n) is 11.8. The number of halogens is 2. The lowest BCUT2D eigenvalue weighted by atomic mass is 10.1. The van der Waals surface area contributed by atoms with Crippen molar-refractivity contribution in [3.8, 4) is 5.75 Å². The summed E-state index contributed by atoms with van der Waals surface area (Å²) < 4.78 is 28.5. The average Bonchev–Trinajstić information content (AvgIpc) is 2.48. The highest BCUT2D eigenvalue weighted by Gasteiger charge is 2.06. The first-order chi connectivity index (χ1) is 10.6. The molecule has 2 amide bonds. The van der Waals surface area contributed by atoms with Gasteiger partial charge in [-0.3, -0.25) is 0 Å². The lowest BCUT2D eigenvalue weighted by Gasteiger charge is -2.09. The molecule has 2 aromatic rings. The van der Waals surface area contributed by atoms with Crippen molar-refractivity contribution >= 4 is 11.7 Å². The van der Waals surface area contributed by atoms with E-state index >= 15 is 0 Å². The molecule has 2 N–H and O–H groups in total. The van der Waals surface area contributed by atoms with Crippen LogP contribution in [0.2, 0.25) is 0 Å². The maximum Gasteiger partial charge on any atom is 0.387 e. The number of ether oxygens (including phenoxy) is 1. The molecule has 0 aliphatic heterocycles. The fraction of sp³-hybridized carbons (Fsp3) is 0.188. The van der Waals surface area contributed by atoms with E-state index in [4.69, 9.17) is 0 Å². The molecule has 0 aromatic heterocycles. The van der Waals surface area contributed by atoms with Gasteiger partial charge in [0, 0.05) is 18.3 Å². The SMILES string of the molecule is O=C(NCCc1ccccc1)Nc1cccc(OC(F)F)c1. The number of alkyl halides is 2. The molecule has 0 fully saturated rings. The first-order valence-electron chi connectivity index (χ1n) is 6.77. The van der Waals surface area contributed by atoms with E-state index in [2.05, 4.69) is 15.4 Å². The Balaban J connectivity index is 1.79. The second-order valence-corrected chi connectivity index (χ2v) is 4.52. The molecule has 0 unspecified atom stereocenters. The van der Waals surface area contributed by atoms with Crippen LogP contribution in [0.3, 0.4) is 0 Å². The largest absolute Gasteiger partial charge is 0.435 e. The Morgan fingerprint density at radius 1 is 1.09 bits per heavy atom. The van der Waals surface area contributed by atoms with E-state index in [0.29, 0.717) is 18.7 Å². The minimum absolute atomic E-state index is 0.00270. The first-order valence-corrected chi connectivity index (χ1v) is 6.77. The van der Waals surface area contributed by atoms with Gasteiger partial charge in [0.25, 0.3) is 0 Å². The number of amides is 2. The van der Waals surface area contributed by atoms with Crippen LogP contribution < -0.4 is 15.4 Å². The second kappa shape index (κ2) is 7.97. The standard InChI is InChI=1S/C16H16F2N2O2/c17-15(18)22-14-8-4-7-13(11-14)20-16(21)19-10-9-12-5-2-1-3-6-12/h1-8,11,15H,9-10H2,(H2,19,20,21). The minimum atomic E-state index is -2.89. The summed E-state index contributed by atoms with van der Waals surface area (Å²) in [6, 6.07) is 15.2. The van der Waals surface area contributed by atoms with Crippen molar-refractivity contribution in [2.24, 2.45) is 0 Å². The van der Waals surface area contributed by atoms with Crippen molar-refractivity contribution in [3.05, 3.63) is 60.2 Å². The van der Waals surface area contributed by atoms with Crippen LogP contribution in [0.15, 0.2) is 54.6 Å². The molecule has 4 nitrogen and oxygen atoms in total. The Hall–Kier alpha value is -2.63. The first kappa shape index (κ1) is 15.8. The van der Waals surface area contributed by atoms with Gasteiger partial charge in [-0.15, -0.1) is 0 Å². The van der Waals surface area contributed by atoms with E-state index in [-0.39, 0.29) is 5.75 Å². The maximum atomic E-state index is 12.1. The number of urea groups is 1. The van der Waals surface area contributed by atoms with E-state index < -0.39 is 12.6 Å². The second-order valence-electron chi connectivity index (χ2n) is 4.52. The van der Waals surface area contributed by atoms with Crippen LogP contribution in [-0.4, -0.2) is 19.2 Å². The van der Waals surface area contributed by atoms with Gasteiger partial charge in [-0.05, 0) is 24.1 Å². The van der Waals surface area contributed by atoms with Gasteiger partial charge in [0.1, 0.15) is 5.75 Å². The highest BCUT2D eigenvalue weighted by atomic mass is 19.3. The Bertz CT molecular complexity index is 606. The average molecular weight is 306 g/mol. The summed E-state index contributed by atoms with van der Waals surface area (Å²) in [4.78, 5) is 11.7. The van der Waals surface area contributed by atoms with Crippen LogP contribution in [0.4, 0.5) is 19.3 Å². The van der Waals surface area contributed by atoms with Crippen LogP contribution >= 0.6 is 0 Å². The smallest absolute Gasteiger partial charge is 0.387 e. The third kappa shape index (κ3) is 5.40. The number of carbonyl (C=O) groups is 1. The van der Waals surface area contributed by atoms with Crippen molar-refractivity contribution < 1.29 is 18.3 Å². The molecule has 0 bridgehead atoms. The summed E-state index contributed by atoms with van der Waals surface area (Å²) in [6.45, 7) is -2.42. The van der Waals surface area contributed by atoms with Gasteiger partial charge in [-0.25, -0.2) is 4.79 Å². The van der Waals surface area contributed by atoms with Crippen LogP contribution in [-0.2, 0) is 6.42 Å². The summed E-state index contributed by atoms with van der Waals surface area (Å²) in [5.74, 6) is -0.00270. The van der Waals surface area contributed by atoms with Crippen molar-refractivity contribution in [2.75, 3.05) is 11.9 Å². The van der Waals surface area contributed by atoms with E-state index in [9.17, 15) is 13.6 Å². The Morgan fingerprint density at radius 2 is 1.86 bits per heavy atom. The fourth-order valence-electron chi connectivity index (χ4n) is 1.89. The van der Waals surface area contributed by atoms with Gasteiger partial charge in [0.15, 0.2) is 0 Å². The molecule has 0 aliphatic carbocycles. The van der Waals surface area contributed by atoms with Gasteiger partial charge < -0.3 is 15.4 Å². The predicted octanol–water partition coefficient (Wildman–Crippen LogP) is 3.65. The Morgan fingerprint density at radius 3 is 2.59 bits per heavy atom. The van der Waals surface area contributed by atoms with Gasteiger partial charge in [0.2, 0.25) is 0 Å². The highest BCUT2D eigenvalue weighted by molar-refractivity contribution is 5.89. The molecule has 2 rings (SSSR count). The molecule has 6 heteroatoms. The summed E-state index contributed by atoms with van der Waals surface area (Å²) in [5, 5.41) is 5.27. The maximum absolute atomic E-state index is 12.1. The quantitative estimate of drug-likeness (QED) is 0.856. The summed E-state index contributed by atoms with van der Waals surface area (Å²) in [5.41, 5.74) is 1.51. The summed E-state index contributed by atoms with van der Waals surface area (Å²) in [7, 11) is 0. The summed E-state index contributed by atoms with van der Waals surface area (Å²) in [6.07, 6.45) is 0.711. The number of carbonyl (C=O) groups excluding carboxylic acids is 1. The molecule has 0 spiro atoms. The number of nitrogens with one attached hydrogen (secondary N) is 2. The minimum Gasteiger partial charge on any atom is -0.435 e. The molecule has 2 aromatic carbocycles. The molecular weight excluding hydrogens is 290 g/mol. The predicted molar refractivity (Wildman–Crippen MR) is 80.2 cm³/mol. The number of hydrogen-bond donors (Lipinski definition) is 2. The number of hydrogen-bond acceptors (Lipinski definition) is 2. The molecule has 0 atom stereocenters. The van der Waals surface area contributed by atoms with Crippen molar-refractivity contribution in [3.63, 3.8) is 0 Å². The zero-order valence-corrected chi connectivity index (χ0v) is 11.8. The van der Waals surface area contributed by atoms with Crippen LogP contribution in [0.5, 0.6) is 5.75 Å². The highest BCUT2D eigenvalue weighted by Crippen LogP contribution is 2.19. The molecule has 0 heterocycles. The fourth-order valence-corrected chi connectivity index (χ4v) is 1.89. The molecule has 22 heavy (non-hydrogen) atoms. The normalized spacial score (nSPS) is 10.3. The monoisotopic (exact) mass is 306 g/mol. The molecule has 0 aliphatic rings. The van der Waals surface area contributed by atoms with Gasteiger partial charge >= 0.3 is 12.6 Å². The lowest BCUT2D eigenvalue weighted by molar-refractivity contribution is -0.0497. The summed E-state index contributed by atoms with van der Waals surface area (Å²) >= 11 is 0. The molecule has 0 saturated heterocycles. The number of rotatable bonds is 6. The van der Waals surface area contributed by atoms with E-state index in [1.54, 1.807) is 6.07 Å². The van der Waals surface area contributed by atoms with Crippen molar-refractivity contribution in [2.45, 2.75) is 13.0 Å². The van der Waals surface area contributed by atoms with Crippen LogP contribution in [0.1, 0.15) is 5.56 Å². The third-order valence-electron chi connectivity index (χ3n) is 2.86. The zero-order chi connectivity index (χ0) is 15.8. The molecule has 116 valence electrons. The number of benzene rings is 2. The van der Waals surface area contributed by atoms with Crippen LogP contribution in [0.25, 0.3) is 0 Å². The van der Waals surface area contributed by atoms with E-state index in [1.165, 1.54) is 18.2 Å². The van der Waals surface area contributed by atoms with E-state index in [1.807, 2.05) is 30.3 Å². The molecule has 0 saturated carbocycles.